The summed E-state index contributed by atoms with van der Waals surface area (Å²) in [5.74, 6) is -0.342. The van der Waals surface area contributed by atoms with E-state index in [0.29, 0.717) is 29.7 Å². The first-order valence-electron chi connectivity index (χ1n) is 10.7. The van der Waals surface area contributed by atoms with Gasteiger partial charge < -0.3 is 21.9 Å². The molecule has 3 aromatic rings. The van der Waals surface area contributed by atoms with E-state index in [2.05, 4.69) is 29.1 Å². The van der Waals surface area contributed by atoms with Crippen molar-refractivity contribution in [3.05, 3.63) is 77.6 Å². The molecule has 0 atom stereocenters. The van der Waals surface area contributed by atoms with Crippen LogP contribution in [0, 0.1) is 0 Å². The van der Waals surface area contributed by atoms with Crippen molar-refractivity contribution in [3.8, 4) is 11.3 Å². The molecule has 172 valence electrons. The van der Waals surface area contributed by atoms with E-state index in [0.717, 1.165) is 16.7 Å². The van der Waals surface area contributed by atoms with Crippen LogP contribution in [0.2, 0.25) is 0 Å². The van der Waals surface area contributed by atoms with Gasteiger partial charge in [-0.15, -0.1) is 11.8 Å². The smallest absolute Gasteiger partial charge is 0.210 e. The maximum Gasteiger partial charge on any atom is 0.210 e. The van der Waals surface area contributed by atoms with E-state index < -0.39 is 5.78 Å². The number of nitrogen functional groups attached to an aromatic ring is 1. The van der Waals surface area contributed by atoms with Crippen molar-refractivity contribution in [2.75, 3.05) is 18.9 Å². The Hall–Kier alpha value is -3.20. The van der Waals surface area contributed by atoms with Crippen LogP contribution in [-0.2, 0) is 6.54 Å². The highest BCUT2D eigenvalue weighted by Gasteiger charge is 2.14. The summed E-state index contributed by atoms with van der Waals surface area (Å²) < 4.78 is 0. The SMILES string of the molecule is CC(C)Sc1ccc(-c2cnc(N)c(C(=O)C=C(N)c3ccc(CNCCO)cc3)n2)cc1. The largest absolute Gasteiger partial charge is 0.398 e. The Labute approximate surface area is 198 Å². The Morgan fingerprint density at radius 2 is 1.85 bits per heavy atom. The van der Waals surface area contributed by atoms with E-state index in [1.807, 2.05) is 48.5 Å². The molecule has 0 saturated heterocycles. The quantitative estimate of drug-likeness (QED) is 0.156. The second kappa shape index (κ2) is 11.6. The zero-order valence-corrected chi connectivity index (χ0v) is 19.6. The number of hydrogen-bond donors (Lipinski definition) is 4. The van der Waals surface area contributed by atoms with Crippen molar-refractivity contribution in [2.24, 2.45) is 5.73 Å². The number of benzene rings is 2. The van der Waals surface area contributed by atoms with E-state index in [9.17, 15) is 4.79 Å². The van der Waals surface area contributed by atoms with Crippen LogP contribution in [0.1, 0.15) is 35.5 Å². The number of nitrogens with one attached hydrogen (secondary N) is 1. The van der Waals surface area contributed by atoms with E-state index in [4.69, 9.17) is 16.6 Å². The topological polar surface area (TPSA) is 127 Å². The molecule has 6 N–H and O–H groups in total. The monoisotopic (exact) mass is 463 g/mol. The van der Waals surface area contributed by atoms with Crippen molar-refractivity contribution in [1.82, 2.24) is 15.3 Å². The minimum absolute atomic E-state index is 0.0603. The van der Waals surface area contributed by atoms with Gasteiger partial charge in [0.25, 0.3) is 0 Å². The van der Waals surface area contributed by atoms with Gasteiger partial charge in [-0.3, -0.25) is 4.79 Å². The summed E-state index contributed by atoms with van der Waals surface area (Å²) in [5, 5.41) is 12.4. The number of rotatable bonds is 10. The molecule has 1 heterocycles. The molecule has 1 aromatic heterocycles. The number of carbonyl (C=O) groups excluding carboxylic acids is 1. The molecule has 0 bridgehead atoms. The molecule has 8 heteroatoms. The fourth-order valence-electron chi connectivity index (χ4n) is 3.12. The average Bonchev–Trinajstić information content (AvgIpc) is 2.80. The molecule has 0 spiro atoms. The van der Waals surface area contributed by atoms with Gasteiger partial charge in [0, 0.05) is 40.6 Å². The van der Waals surface area contributed by atoms with E-state index >= 15 is 0 Å². The molecule has 0 aliphatic rings. The number of aliphatic hydroxyl groups excluding tert-OH is 1. The Bertz CT molecular complexity index is 1110. The first-order chi connectivity index (χ1) is 15.9. The molecule has 0 aliphatic carbocycles. The number of ketones is 1. The average molecular weight is 464 g/mol. The third-order valence-corrected chi connectivity index (χ3v) is 5.76. The zero-order chi connectivity index (χ0) is 23.8. The number of thioether (sulfide) groups is 1. The third-order valence-electron chi connectivity index (χ3n) is 4.75. The van der Waals surface area contributed by atoms with Crippen LogP contribution in [-0.4, -0.2) is 39.3 Å². The predicted molar refractivity (Wildman–Crippen MR) is 135 cm³/mol. The number of nitrogens with two attached hydrogens (primary N) is 2. The highest BCUT2D eigenvalue weighted by atomic mass is 32.2. The Morgan fingerprint density at radius 1 is 1.15 bits per heavy atom. The maximum absolute atomic E-state index is 12.9. The number of aliphatic hydroxyl groups is 1. The minimum Gasteiger partial charge on any atom is -0.398 e. The van der Waals surface area contributed by atoms with Gasteiger partial charge in [-0.05, 0) is 23.3 Å². The van der Waals surface area contributed by atoms with Gasteiger partial charge in [-0.25, -0.2) is 9.97 Å². The highest BCUT2D eigenvalue weighted by molar-refractivity contribution is 7.99. The van der Waals surface area contributed by atoms with Gasteiger partial charge in [0.15, 0.2) is 11.5 Å². The van der Waals surface area contributed by atoms with E-state index in [1.165, 1.54) is 11.0 Å². The van der Waals surface area contributed by atoms with Gasteiger partial charge in [0.1, 0.15) is 0 Å². The normalized spacial score (nSPS) is 11.7. The molecule has 33 heavy (non-hydrogen) atoms. The van der Waals surface area contributed by atoms with Gasteiger partial charge in [0.2, 0.25) is 5.78 Å². The summed E-state index contributed by atoms with van der Waals surface area (Å²) in [7, 11) is 0. The lowest BCUT2D eigenvalue weighted by Gasteiger charge is -2.08. The fourth-order valence-corrected chi connectivity index (χ4v) is 3.95. The molecule has 0 saturated carbocycles. The molecule has 0 amide bonds. The zero-order valence-electron chi connectivity index (χ0n) is 18.8. The first-order valence-corrected chi connectivity index (χ1v) is 11.6. The van der Waals surface area contributed by atoms with Crippen LogP contribution < -0.4 is 16.8 Å². The highest BCUT2D eigenvalue weighted by Crippen LogP contribution is 2.26. The van der Waals surface area contributed by atoms with Gasteiger partial charge in [0.05, 0.1) is 18.5 Å². The Balaban J connectivity index is 1.77. The molecule has 0 unspecified atom stereocenters. The van der Waals surface area contributed by atoms with Crippen LogP contribution in [0.3, 0.4) is 0 Å². The van der Waals surface area contributed by atoms with Crippen LogP contribution in [0.4, 0.5) is 5.82 Å². The standard InChI is InChI=1S/C25H29N5O2S/c1-16(2)33-20-9-7-19(8-10-20)22-15-29-25(27)24(30-22)23(32)13-21(26)18-5-3-17(4-6-18)14-28-11-12-31/h3-10,13,15-16,28,31H,11-12,14,26H2,1-2H3,(H2,27,29). The lowest BCUT2D eigenvalue weighted by atomic mass is 10.1. The molecule has 0 radical (unpaired) electrons. The molecular weight excluding hydrogens is 434 g/mol. The number of carbonyl (C=O) groups is 1. The molecule has 7 nitrogen and oxygen atoms in total. The fraction of sp³-hybridized carbons (Fsp3) is 0.240. The number of aromatic nitrogens is 2. The summed E-state index contributed by atoms with van der Waals surface area (Å²) >= 11 is 1.78. The van der Waals surface area contributed by atoms with Crippen LogP contribution in [0.5, 0.6) is 0 Å². The van der Waals surface area contributed by atoms with Crippen molar-refractivity contribution >= 4 is 29.1 Å². The van der Waals surface area contributed by atoms with Gasteiger partial charge in [-0.1, -0.05) is 50.2 Å². The van der Waals surface area contributed by atoms with E-state index in [-0.39, 0.29) is 18.1 Å². The summed E-state index contributed by atoms with van der Waals surface area (Å²) in [6.07, 6.45) is 2.89. The first kappa shape index (κ1) is 24.4. The summed E-state index contributed by atoms with van der Waals surface area (Å²) in [5.41, 5.74) is 15.7. The van der Waals surface area contributed by atoms with Gasteiger partial charge in [-0.2, -0.15) is 0 Å². The molecule has 2 aromatic carbocycles. The third kappa shape index (κ3) is 6.89. The lowest BCUT2D eigenvalue weighted by Crippen LogP contribution is -2.17. The lowest BCUT2D eigenvalue weighted by molar-refractivity contribution is 0.104. The summed E-state index contributed by atoms with van der Waals surface area (Å²) in [6.45, 7) is 5.55. The number of allylic oxidation sites excluding steroid dienone is 1. The molecule has 0 aliphatic heterocycles. The molecule has 0 fully saturated rings. The van der Waals surface area contributed by atoms with E-state index in [1.54, 1.807) is 18.0 Å². The second-order valence-corrected chi connectivity index (χ2v) is 9.39. The maximum atomic E-state index is 12.9. The van der Waals surface area contributed by atoms with Gasteiger partial charge >= 0.3 is 0 Å². The second-order valence-electron chi connectivity index (χ2n) is 7.74. The van der Waals surface area contributed by atoms with Crippen molar-refractivity contribution in [2.45, 2.75) is 30.5 Å². The molecule has 3 rings (SSSR count). The predicted octanol–water partition coefficient (Wildman–Crippen LogP) is 3.49. The van der Waals surface area contributed by atoms with Crippen LogP contribution >= 0.6 is 11.8 Å². The Kier molecular flexibility index (Phi) is 8.59. The minimum atomic E-state index is -0.403. The van der Waals surface area contributed by atoms with Crippen LogP contribution in [0.15, 0.2) is 65.7 Å². The van der Waals surface area contributed by atoms with Crippen molar-refractivity contribution in [3.63, 3.8) is 0 Å². The Morgan fingerprint density at radius 3 is 2.48 bits per heavy atom. The number of anilines is 1. The van der Waals surface area contributed by atoms with Crippen LogP contribution in [0.25, 0.3) is 17.0 Å². The molecular formula is C25H29N5O2S. The summed E-state index contributed by atoms with van der Waals surface area (Å²) in [6, 6.07) is 15.5. The number of nitrogens with zero attached hydrogens (tertiary/aromatic N) is 2. The van der Waals surface area contributed by atoms with Crippen molar-refractivity contribution < 1.29 is 9.90 Å². The summed E-state index contributed by atoms with van der Waals surface area (Å²) in [4.78, 5) is 22.7. The number of hydrogen-bond acceptors (Lipinski definition) is 8. The van der Waals surface area contributed by atoms with Crippen molar-refractivity contribution in [1.29, 1.82) is 0 Å².